The van der Waals surface area contributed by atoms with Gasteiger partial charge in [-0.15, -0.1) is 0 Å². The van der Waals surface area contributed by atoms with Crippen molar-refractivity contribution in [3.63, 3.8) is 0 Å². The Hall–Kier alpha value is -1.61. The van der Waals surface area contributed by atoms with Crippen LogP contribution in [0.1, 0.15) is 30.1 Å². The summed E-state index contributed by atoms with van der Waals surface area (Å²) < 4.78 is 2.06. The normalized spacial score (nSPS) is 25.2. The van der Waals surface area contributed by atoms with Crippen LogP contribution in [-0.4, -0.2) is 15.8 Å². The molecule has 3 heterocycles. The van der Waals surface area contributed by atoms with Gasteiger partial charge in [-0.2, -0.15) is 5.10 Å². The Morgan fingerprint density at radius 2 is 2.06 bits per heavy atom. The van der Waals surface area contributed by atoms with Gasteiger partial charge in [0.05, 0.1) is 17.4 Å². The van der Waals surface area contributed by atoms with E-state index in [1.807, 2.05) is 0 Å². The second-order valence-electron chi connectivity index (χ2n) is 5.40. The van der Waals surface area contributed by atoms with E-state index in [4.69, 9.17) is 5.10 Å². The van der Waals surface area contributed by atoms with Crippen molar-refractivity contribution in [1.29, 1.82) is 0 Å². The molecule has 18 heavy (non-hydrogen) atoms. The molecule has 1 saturated heterocycles. The first-order valence-electron chi connectivity index (χ1n) is 6.70. The van der Waals surface area contributed by atoms with Gasteiger partial charge >= 0.3 is 0 Å². The first-order valence-corrected chi connectivity index (χ1v) is 6.70. The number of hydrogen-bond donors (Lipinski definition) is 1. The molecule has 0 radical (unpaired) electrons. The molecular formula is C15H17N3. The van der Waals surface area contributed by atoms with Crippen molar-refractivity contribution in [3.8, 4) is 11.3 Å². The maximum atomic E-state index is 4.76. The summed E-state index contributed by atoms with van der Waals surface area (Å²) in [5.41, 5.74) is 5.35. The highest BCUT2D eigenvalue weighted by atomic mass is 15.3. The van der Waals surface area contributed by atoms with Crippen molar-refractivity contribution >= 4 is 0 Å². The number of fused-ring (bicyclic) bond motifs is 4. The minimum Gasteiger partial charge on any atom is -0.305 e. The quantitative estimate of drug-likeness (QED) is 0.828. The van der Waals surface area contributed by atoms with E-state index >= 15 is 0 Å². The maximum Gasteiger partial charge on any atom is 0.0833 e. The summed E-state index contributed by atoms with van der Waals surface area (Å²) in [5.74, 6) is 0. The minimum absolute atomic E-state index is 0.488. The molecule has 1 fully saturated rings. The van der Waals surface area contributed by atoms with Crippen molar-refractivity contribution in [3.05, 3.63) is 41.6 Å². The number of hydrogen-bond acceptors (Lipinski definition) is 2. The summed E-state index contributed by atoms with van der Waals surface area (Å²) in [6.07, 6.45) is 3.66. The van der Waals surface area contributed by atoms with Crippen LogP contribution in [0.3, 0.4) is 0 Å². The van der Waals surface area contributed by atoms with Gasteiger partial charge in [-0.05, 0) is 19.3 Å². The molecule has 92 valence electrons. The van der Waals surface area contributed by atoms with Gasteiger partial charge in [-0.1, -0.05) is 30.3 Å². The number of aryl methyl sites for hydroxylation is 1. The lowest BCUT2D eigenvalue weighted by Crippen LogP contribution is -2.31. The molecule has 0 aliphatic carbocycles. The molecule has 2 aromatic rings. The summed E-state index contributed by atoms with van der Waals surface area (Å²) in [5, 5.41) is 8.42. The number of rotatable bonds is 1. The third kappa shape index (κ3) is 1.37. The lowest BCUT2D eigenvalue weighted by Gasteiger charge is -2.20. The predicted molar refractivity (Wildman–Crippen MR) is 71.2 cm³/mol. The third-order valence-corrected chi connectivity index (χ3v) is 4.24. The molecule has 2 unspecified atom stereocenters. The molecule has 2 aliphatic rings. The van der Waals surface area contributed by atoms with Crippen molar-refractivity contribution in [2.75, 3.05) is 0 Å². The Labute approximate surface area is 107 Å². The van der Waals surface area contributed by atoms with Gasteiger partial charge in [0.15, 0.2) is 0 Å². The molecule has 1 N–H and O–H groups in total. The Morgan fingerprint density at radius 3 is 2.89 bits per heavy atom. The van der Waals surface area contributed by atoms with Crippen LogP contribution in [0.4, 0.5) is 0 Å². The second kappa shape index (κ2) is 3.69. The molecule has 3 heteroatoms. The molecule has 4 rings (SSSR count). The van der Waals surface area contributed by atoms with E-state index in [9.17, 15) is 0 Å². The fourth-order valence-corrected chi connectivity index (χ4v) is 3.47. The second-order valence-corrected chi connectivity index (χ2v) is 5.40. The average Bonchev–Trinajstić information content (AvgIpc) is 2.93. The third-order valence-electron chi connectivity index (χ3n) is 4.24. The predicted octanol–water partition coefficient (Wildman–Crippen LogP) is 2.44. The SMILES string of the molecule is Cn1nc2c(c1-c1ccccc1)CC1CCC2N1. The van der Waals surface area contributed by atoms with Gasteiger partial charge in [0.1, 0.15) is 0 Å². The van der Waals surface area contributed by atoms with Crippen molar-refractivity contribution < 1.29 is 0 Å². The summed E-state index contributed by atoms with van der Waals surface area (Å²) in [6, 6.07) is 11.8. The number of nitrogens with one attached hydrogen (secondary N) is 1. The van der Waals surface area contributed by atoms with Crippen molar-refractivity contribution in [2.24, 2.45) is 7.05 Å². The van der Waals surface area contributed by atoms with Crippen LogP contribution in [0.2, 0.25) is 0 Å². The van der Waals surface area contributed by atoms with Crippen LogP contribution in [-0.2, 0) is 13.5 Å². The van der Waals surface area contributed by atoms with E-state index in [1.165, 1.54) is 35.4 Å². The topological polar surface area (TPSA) is 29.9 Å². The monoisotopic (exact) mass is 239 g/mol. The Bertz CT molecular complexity index is 585. The van der Waals surface area contributed by atoms with Crippen LogP contribution in [0, 0.1) is 0 Å². The van der Waals surface area contributed by atoms with Crippen molar-refractivity contribution in [1.82, 2.24) is 15.1 Å². The highest BCUT2D eigenvalue weighted by Crippen LogP contribution is 2.39. The Morgan fingerprint density at radius 1 is 1.22 bits per heavy atom. The molecule has 3 nitrogen and oxygen atoms in total. The summed E-state index contributed by atoms with van der Waals surface area (Å²) in [4.78, 5) is 0. The fraction of sp³-hybridized carbons (Fsp3) is 0.400. The van der Waals surface area contributed by atoms with Crippen LogP contribution in [0.25, 0.3) is 11.3 Å². The molecule has 2 bridgehead atoms. The van der Waals surface area contributed by atoms with Crippen LogP contribution in [0.15, 0.2) is 30.3 Å². The lowest BCUT2D eigenvalue weighted by atomic mass is 9.96. The number of benzene rings is 1. The highest BCUT2D eigenvalue weighted by molar-refractivity contribution is 5.65. The van der Waals surface area contributed by atoms with E-state index in [0.29, 0.717) is 12.1 Å². The van der Waals surface area contributed by atoms with E-state index in [0.717, 1.165) is 6.42 Å². The Balaban J connectivity index is 1.90. The van der Waals surface area contributed by atoms with Gasteiger partial charge in [0.2, 0.25) is 0 Å². The zero-order valence-electron chi connectivity index (χ0n) is 10.6. The van der Waals surface area contributed by atoms with Crippen LogP contribution in [0.5, 0.6) is 0 Å². The maximum absolute atomic E-state index is 4.76. The molecule has 2 aliphatic heterocycles. The smallest absolute Gasteiger partial charge is 0.0833 e. The largest absolute Gasteiger partial charge is 0.305 e. The lowest BCUT2D eigenvalue weighted by molar-refractivity contribution is 0.505. The first-order chi connectivity index (χ1) is 8.83. The molecule has 1 aromatic carbocycles. The van der Waals surface area contributed by atoms with E-state index < -0.39 is 0 Å². The fourth-order valence-electron chi connectivity index (χ4n) is 3.47. The first kappa shape index (κ1) is 10.3. The standard InChI is InChI=1S/C15H17N3/c1-18-15(10-5-3-2-4-6-10)12-9-11-7-8-13(16-11)14(12)17-18/h2-6,11,13,16H,7-9H2,1H3. The molecule has 0 saturated carbocycles. The highest BCUT2D eigenvalue weighted by Gasteiger charge is 2.36. The van der Waals surface area contributed by atoms with Gasteiger partial charge in [-0.3, -0.25) is 4.68 Å². The number of aromatic nitrogens is 2. The van der Waals surface area contributed by atoms with Gasteiger partial charge in [0, 0.05) is 24.2 Å². The average molecular weight is 239 g/mol. The zero-order chi connectivity index (χ0) is 12.1. The molecule has 1 aromatic heterocycles. The zero-order valence-corrected chi connectivity index (χ0v) is 10.6. The van der Waals surface area contributed by atoms with E-state index in [-0.39, 0.29) is 0 Å². The van der Waals surface area contributed by atoms with Crippen LogP contribution < -0.4 is 5.32 Å². The molecule has 2 atom stereocenters. The molecule has 0 spiro atoms. The van der Waals surface area contributed by atoms with E-state index in [2.05, 4.69) is 47.4 Å². The van der Waals surface area contributed by atoms with Gasteiger partial charge < -0.3 is 5.32 Å². The van der Waals surface area contributed by atoms with Gasteiger partial charge in [-0.25, -0.2) is 0 Å². The minimum atomic E-state index is 0.488. The van der Waals surface area contributed by atoms with Gasteiger partial charge in [0.25, 0.3) is 0 Å². The van der Waals surface area contributed by atoms with Crippen molar-refractivity contribution in [2.45, 2.75) is 31.3 Å². The summed E-state index contributed by atoms with van der Waals surface area (Å²) in [7, 11) is 2.06. The summed E-state index contributed by atoms with van der Waals surface area (Å²) >= 11 is 0. The van der Waals surface area contributed by atoms with Crippen LogP contribution >= 0.6 is 0 Å². The van der Waals surface area contributed by atoms with E-state index in [1.54, 1.807) is 0 Å². The summed E-state index contributed by atoms with van der Waals surface area (Å²) in [6.45, 7) is 0. The molecule has 0 amide bonds. The Kier molecular flexibility index (Phi) is 2.12. The number of nitrogens with zero attached hydrogens (tertiary/aromatic N) is 2. The molecular weight excluding hydrogens is 222 g/mol.